The first-order chi connectivity index (χ1) is 14.6. The summed E-state index contributed by atoms with van der Waals surface area (Å²) in [6.07, 6.45) is 0. The third-order valence-corrected chi connectivity index (χ3v) is 5.59. The maximum absolute atomic E-state index is 5.77. The van der Waals surface area contributed by atoms with Crippen LogP contribution < -0.4 is 5.32 Å². The molecule has 4 heteroatoms. The molecule has 0 radical (unpaired) electrons. The van der Waals surface area contributed by atoms with Crippen molar-refractivity contribution in [3.05, 3.63) is 108 Å². The van der Waals surface area contributed by atoms with E-state index in [2.05, 4.69) is 96.9 Å². The Balaban J connectivity index is 2.17. The summed E-state index contributed by atoms with van der Waals surface area (Å²) in [6, 6.07) is 31.3. The normalized spacial score (nSPS) is 11.8. The Kier molecular flexibility index (Phi) is 7.36. The van der Waals surface area contributed by atoms with Crippen molar-refractivity contribution in [1.82, 2.24) is 10.2 Å². The Hall–Kier alpha value is -2.98. The van der Waals surface area contributed by atoms with Crippen LogP contribution in [0.1, 0.15) is 37.5 Å². The fraction of sp³-hybridized carbons (Fsp3) is 0.231. The first kappa shape index (κ1) is 21.7. The molecule has 0 amide bonds. The number of benzene rings is 3. The second-order valence-corrected chi connectivity index (χ2v) is 7.50. The fourth-order valence-electron chi connectivity index (χ4n) is 3.87. The van der Waals surface area contributed by atoms with Crippen molar-refractivity contribution in [3.63, 3.8) is 0 Å². The van der Waals surface area contributed by atoms with Gasteiger partial charge in [0.1, 0.15) is 11.4 Å². The number of nitrogens with zero attached hydrogens (tertiary/aromatic N) is 2. The molecule has 3 nitrogen and oxygen atoms in total. The lowest BCUT2D eigenvalue weighted by atomic mass is 9.77. The van der Waals surface area contributed by atoms with Gasteiger partial charge in [-0.15, -0.1) is 0 Å². The smallest absolute Gasteiger partial charge is 0.195 e. The number of nitrogens with one attached hydrogen (secondary N) is 1. The van der Waals surface area contributed by atoms with Crippen LogP contribution >= 0.6 is 12.2 Å². The lowest BCUT2D eigenvalue weighted by Gasteiger charge is -2.37. The summed E-state index contributed by atoms with van der Waals surface area (Å²) in [5.41, 5.74) is 2.69. The van der Waals surface area contributed by atoms with Crippen molar-refractivity contribution in [3.8, 4) is 0 Å². The van der Waals surface area contributed by atoms with Crippen molar-refractivity contribution in [2.75, 3.05) is 13.1 Å². The largest absolute Gasteiger partial charge is 0.361 e. The Labute approximate surface area is 185 Å². The molecule has 0 saturated carbocycles. The van der Waals surface area contributed by atoms with Gasteiger partial charge in [0.15, 0.2) is 5.11 Å². The van der Waals surface area contributed by atoms with Gasteiger partial charge in [-0.25, -0.2) is 4.99 Å². The van der Waals surface area contributed by atoms with Crippen molar-refractivity contribution >= 4 is 23.2 Å². The second kappa shape index (κ2) is 10.2. The Morgan fingerprint density at radius 3 is 1.47 bits per heavy atom. The molecule has 0 spiro atoms. The van der Waals surface area contributed by atoms with E-state index in [4.69, 9.17) is 17.2 Å². The van der Waals surface area contributed by atoms with Crippen LogP contribution in [0, 0.1) is 0 Å². The van der Waals surface area contributed by atoms with Gasteiger partial charge in [-0.2, -0.15) is 0 Å². The maximum atomic E-state index is 5.77. The predicted octanol–water partition coefficient (Wildman–Crippen LogP) is 5.61. The third-order valence-electron chi connectivity index (χ3n) is 5.40. The highest BCUT2D eigenvalue weighted by Gasteiger charge is 2.37. The average Bonchev–Trinajstić information content (AvgIpc) is 2.80. The van der Waals surface area contributed by atoms with Gasteiger partial charge in [0.25, 0.3) is 0 Å². The molecule has 0 aliphatic rings. The monoisotopic (exact) mass is 415 g/mol. The molecule has 3 aromatic carbocycles. The Morgan fingerprint density at radius 1 is 0.767 bits per heavy atom. The first-order valence-corrected chi connectivity index (χ1v) is 10.8. The summed E-state index contributed by atoms with van der Waals surface area (Å²) in [5, 5.41) is 4.10. The number of hydrogen-bond acceptors (Lipinski definition) is 1. The van der Waals surface area contributed by atoms with Crippen LogP contribution in [0.3, 0.4) is 0 Å². The zero-order chi connectivity index (χ0) is 21.4. The van der Waals surface area contributed by atoms with Crippen LogP contribution in [-0.2, 0) is 5.54 Å². The molecule has 3 rings (SSSR count). The zero-order valence-corrected chi connectivity index (χ0v) is 18.7. The van der Waals surface area contributed by atoms with Crippen LogP contribution in [0.15, 0.2) is 96.0 Å². The minimum atomic E-state index is -0.645. The van der Waals surface area contributed by atoms with Gasteiger partial charge < -0.3 is 10.2 Å². The van der Waals surface area contributed by atoms with Crippen molar-refractivity contribution in [2.24, 2.45) is 4.99 Å². The standard InChI is InChI=1S/C26H29N3S/c1-4-29(5-2)21(3)27-25(30)28-26(22-15-9-6-10-16-22,23-17-11-7-12-18-23)24-19-13-8-14-20-24/h6-20H,4-5H2,1-3H3,(H,28,30)/b27-21+. The topological polar surface area (TPSA) is 27.6 Å². The van der Waals surface area contributed by atoms with Gasteiger partial charge >= 0.3 is 0 Å². The molecule has 0 heterocycles. The van der Waals surface area contributed by atoms with Crippen molar-refractivity contribution in [2.45, 2.75) is 26.3 Å². The van der Waals surface area contributed by atoms with Gasteiger partial charge in [0, 0.05) is 13.1 Å². The SMILES string of the molecule is CCN(CC)/C(C)=N/C(=S)NC(c1ccccc1)(c1ccccc1)c1ccccc1. The van der Waals surface area contributed by atoms with Gasteiger partial charge in [0.05, 0.1) is 0 Å². The summed E-state index contributed by atoms with van der Waals surface area (Å²) in [5.74, 6) is 0.917. The maximum Gasteiger partial charge on any atom is 0.195 e. The van der Waals surface area contributed by atoms with E-state index >= 15 is 0 Å². The summed E-state index contributed by atoms with van der Waals surface area (Å²) >= 11 is 5.77. The molecule has 0 saturated heterocycles. The Morgan fingerprint density at radius 2 is 1.13 bits per heavy atom. The van der Waals surface area contributed by atoms with Gasteiger partial charge in [-0.1, -0.05) is 91.0 Å². The third kappa shape index (κ3) is 4.60. The Bertz CT molecular complexity index is 868. The summed E-state index contributed by atoms with van der Waals surface area (Å²) in [7, 11) is 0. The molecule has 0 fully saturated rings. The highest BCUT2D eigenvalue weighted by molar-refractivity contribution is 7.80. The molecule has 3 aromatic rings. The molecule has 154 valence electrons. The molecule has 0 bridgehead atoms. The second-order valence-electron chi connectivity index (χ2n) is 7.11. The summed E-state index contributed by atoms with van der Waals surface area (Å²) in [4.78, 5) is 6.94. The lowest BCUT2D eigenvalue weighted by molar-refractivity contribution is 0.463. The van der Waals surface area contributed by atoms with E-state index in [0.717, 1.165) is 35.6 Å². The fourth-order valence-corrected chi connectivity index (χ4v) is 4.15. The number of hydrogen-bond donors (Lipinski definition) is 1. The number of aliphatic imine (C=N–C) groups is 1. The van der Waals surface area contributed by atoms with E-state index in [1.807, 2.05) is 25.1 Å². The number of amidine groups is 1. The van der Waals surface area contributed by atoms with E-state index < -0.39 is 5.54 Å². The van der Waals surface area contributed by atoms with E-state index in [-0.39, 0.29) is 0 Å². The van der Waals surface area contributed by atoms with Crippen molar-refractivity contribution in [1.29, 1.82) is 0 Å². The highest BCUT2D eigenvalue weighted by Crippen LogP contribution is 2.36. The minimum absolute atomic E-state index is 0.468. The van der Waals surface area contributed by atoms with Gasteiger partial charge in [0.2, 0.25) is 0 Å². The van der Waals surface area contributed by atoms with E-state index in [0.29, 0.717) is 5.11 Å². The zero-order valence-electron chi connectivity index (χ0n) is 17.9. The lowest BCUT2D eigenvalue weighted by Crippen LogP contribution is -2.47. The van der Waals surface area contributed by atoms with Crippen LogP contribution in [0.2, 0.25) is 0 Å². The summed E-state index contributed by atoms with van der Waals surface area (Å²) in [6.45, 7) is 8.06. The van der Waals surface area contributed by atoms with Crippen LogP contribution in [-0.4, -0.2) is 28.9 Å². The van der Waals surface area contributed by atoms with E-state index in [9.17, 15) is 0 Å². The van der Waals surface area contributed by atoms with E-state index in [1.54, 1.807) is 0 Å². The molecule has 1 N–H and O–H groups in total. The number of thiocarbonyl (C=S) groups is 1. The first-order valence-electron chi connectivity index (χ1n) is 10.4. The highest BCUT2D eigenvalue weighted by atomic mass is 32.1. The molecule has 30 heavy (non-hydrogen) atoms. The predicted molar refractivity (Wildman–Crippen MR) is 131 cm³/mol. The van der Waals surface area contributed by atoms with Crippen LogP contribution in [0.5, 0.6) is 0 Å². The van der Waals surface area contributed by atoms with Crippen LogP contribution in [0.4, 0.5) is 0 Å². The molecular weight excluding hydrogens is 386 g/mol. The number of rotatable bonds is 6. The average molecular weight is 416 g/mol. The van der Waals surface area contributed by atoms with Crippen molar-refractivity contribution < 1.29 is 0 Å². The molecule has 0 aromatic heterocycles. The molecule has 0 aliphatic heterocycles. The molecule has 0 unspecified atom stereocenters. The van der Waals surface area contributed by atoms with E-state index in [1.165, 1.54) is 0 Å². The van der Waals surface area contributed by atoms with Gasteiger partial charge in [-0.05, 0) is 49.7 Å². The molecular formula is C26H29N3S. The quantitative estimate of drug-likeness (QED) is 0.245. The molecule has 0 aliphatic carbocycles. The van der Waals surface area contributed by atoms with Gasteiger partial charge in [-0.3, -0.25) is 0 Å². The van der Waals surface area contributed by atoms with Crippen LogP contribution in [0.25, 0.3) is 0 Å². The minimum Gasteiger partial charge on any atom is -0.361 e. The molecule has 0 atom stereocenters. The summed E-state index contributed by atoms with van der Waals surface area (Å²) < 4.78 is 0.